The van der Waals surface area contributed by atoms with Gasteiger partial charge in [-0.15, -0.1) is 0 Å². The molecule has 0 saturated heterocycles. The Labute approximate surface area is 174 Å². The van der Waals surface area contributed by atoms with Gasteiger partial charge < -0.3 is 19.9 Å². The van der Waals surface area contributed by atoms with Gasteiger partial charge in [-0.2, -0.15) is 0 Å². The fraction of sp³-hybridized carbons (Fsp3) is 0.350. The quantitative estimate of drug-likeness (QED) is 0.451. The molecule has 5 N–H and O–H groups in total. The van der Waals surface area contributed by atoms with E-state index < -0.39 is 46.6 Å². The first-order valence-electron chi connectivity index (χ1n) is 9.31. The molecule has 1 amide bonds. The minimum absolute atomic E-state index is 0.0106. The van der Waals surface area contributed by atoms with Gasteiger partial charge in [0.2, 0.25) is 5.91 Å². The Morgan fingerprint density at radius 3 is 2.57 bits per heavy atom. The van der Waals surface area contributed by atoms with Crippen molar-refractivity contribution in [1.29, 1.82) is 0 Å². The number of nitrogens with one attached hydrogen (secondary N) is 2. The topological polar surface area (TPSA) is 111 Å². The molecule has 0 aliphatic carbocycles. The molecule has 164 valence electrons. The number of hydrogen-bond donors (Lipinski definition) is 5. The highest BCUT2D eigenvalue weighted by Crippen LogP contribution is 2.50. The molecule has 0 saturated carbocycles. The maximum Gasteiger partial charge on any atom is 0.217 e. The smallest absolute Gasteiger partial charge is 0.217 e. The fourth-order valence-corrected chi connectivity index (χ4v) is 4.67. The number of amides is 1. The largest absolute Gasteiger partial charge is 0.403 e. The van der Waals surface area contributed by atoms with Crippen LogP contribution >= 0.6 is 10.9 Å². The summed E-state index contributed by atoms with van der Waals surface area (Å²) >= 11 is 0. The van der Waals surface area contributed by atoms with Crippen molar-refractivity contribution in [3.05, 3.63) is 65.2 Å². The van der Waals surface area contributed by atoms with Crippen molar-refractivity contribution in [2.24, 2.45) is 0 Å². The SMILES string of the molecule is CC(=O)N[C@@H](Cc1cc(F)cc(F)c1)[C@@H](O)CNC1CS(O)(O)Oc2ccccc21. The molecule has 3 rings (SSSR count). The number of fused-ring (bicyclic) bond motifs is 1. The summed E-state index contributed by atoms with van der Waals surface area (Å²) in [7, 11) is -3.29. The van der Waals surface area contributed by atoms with Crippen molar-refractivity contribution in [3.8, 4) is 5.75 Å². The van der Waals surface area contributed by atoms with Gasteiger partial charge in [-0.1, -0.05) is 18.2 Å². The van der Waals surface area contributed by atoms with E-state index in [1.165, 1.54) is 6.92 Å². The van der Waals surface area contributed by atoms with Crippen LogP contribution in [-0.4, -0.2) is 44.6 Å². The van der Waals surface area contributed by atoms with Gasteiger partial charge in [0.15, 0.2) is 0 Å². The van der Waals surface area contributed by atoms with Gasteiger partial charge in [-0.3, -0.25) is 13.9 Å². The van der Waals surface area contributed by atoms with Gasteiger partial charge >= 0.3 is 0 Å². The molecule has 0 radical (unpaired) electrons. The molecule has 2 aromatic carbocycles. The van der Waals surface area contributed by atoms with Gasteiger partial charge in [0.05, 0.1) is 23.9 Å². The average Bonchev–Trinajstić information content (AvgIpc) is 2.63. The second-order valence-electron chi connectivity index (χ2n) is 7.21. The standard InChI is InChI=1S/C20H24F2N2O5S/c1-12(25)24-17(8-13-6-14(21)9-15(22)7-13)19(26)10-23-18-11-30(27,28)29-20-5-3-2-4-16(18)20/h2-7,9,17-19,23,26-28H,8,10-11H2,1H3,(H,24,25)/t17-,18?,19-/m0/s1. The summed E-state index contributed by atoms with van der Waals surface area (Å²) in [5.41, 5.74) is 0.995. The van der Waals surface area contributed by atoms with Crippen LogP contribution in [0.5, 0.6) is 5.75 Å². The molecule has 10 heteroatoms. The van der Waals surface area contributed by atoms with Crippen LogP contribution < -0.4 is 14.8 Å². The van der Waals surface area contributed by atoms with Crippen LogP contribution in [0.1, 0.15) is 24.1 Å². The van der Waals surface area contributed by atoms with Crippen molar-refractivity contribution in [3.63, 3.8) is 0 Å². The lowest BCUT2D eigenvalue weighted by atomic mass is 10.00. The van der Waals surface area contributed by atoms with Crippen molar-refractivity contribution in [1.82, 2.24) is 10.6 Å². The van der Waals surface area contributed by atoms with E-state index in [9.17, 15) is 27.8 Å². The van der Waals surface area contributed by atoms with Gasteiger partial charge in [-0.05, 0) is 30.2 Å². The van der Waals surface area contributed by atoms with Crippen molar-refractivity contribution in [2.75, 3.05) is 12.3 Å². The van der Waals surface area contributed by atoms with E-state index in [0.717, 1.165) is 18.2 Å². The van der Waals surface area contributed by atoms with E-state index in [4.69, 9.17) is 4.18 Å². The van der Waals surface area contributed by atoms with Crippen LogP contribution in [0.25, 0.3) is 0 Å². The Hall–Kier alpha value is -2.24. The number of hydrogen-bond acceptors (Lipinski definition) is 6. The van der Waals surface area contributed by atoms with Crippen LogP contribution in [0.3, 0.4) is 0 Å². The van der Waals surface area contributed by atoms with Gasteiger partial charge in [0, 0.05) is 25.1 Å². The van der Waals surface area contributed by atoms with Crippen LogP contribution in [-0.2, 0) is 11.2 Å². The van der Waals surface area contributed by atoms with Gasteiger partial charge in [0.1, 0.15) is 28.3 Å². The Morgan fingerprint density at radius 1 is 1.23 bits per heavy atom. The number of carbonyl (C=O) groups is 1. The summed E-state index contributed by atoms with van der Waals surface area (Å²) in [4.78, 5) is 11.6. The maximum atomic E-state index is 13.5. The number of halogens is 2. The number of carbonyl (C=O) groups excluding carboxylic acids is 1. The van der Waals surface area contributed by atoms with Crippen LogP contribution in [0.4, 0.5) is 8.78 Å². The highest BCUT2D eigenvalue weighted by Gasteiger charge is 2.34. The number of aliphatic hydroxyl groups excluding tert-OH is 1. The van der Waals surface area contributed by atoms with E-state index in [0.29, 0.717) is 11.3 Å². The third-order valence-electron chi connectivity index (χ3n) is 4.71. The molecule has 3 atom stereocenters. The predicted octanol–water partition coefficient (Wildman–Crippen LogP) is 2.76. The lowest BCUT2D eigenvalue weighted by molar-refractivity contribution is -0.120. The Balaban J connectivity index is 1.71. The number of benzene rings is 2. The van der Waals surface area contributed by atoms with Crippen molar-refractivity contribution in [2.45, 2.75) is 31.5 Å². The zero-order chi connectivity index (χ0) is 21.9. The Kier molecular flexibility index (Phi) is 6.94. The molecule has 0 aromatic heterocycles. The number of para-hydroxylation sites is 1. The molecule has 0 bridgehead atoms. The van der Waals surface area contributed by atoms with Crippen molar-refractivity contribution >= 4 is 16.8 Å². The summed E-state index contributed by atoms with van der Waals surface area (Å²) in [6, 6.07) is 8.59. The second-order valence-corrected chi connectivity index (χ2v) is 8.93. The fourth-order valence-electron chi connectivity index (χ4n) is 3.43. The highest BCUT2D eigenvalue weighted by atomic mass is 32.3. The first-order chi connectivity index (χ1) is 14.1. The summed E-state index contributed by atoms with van der Waals surface area (Å²) in [5.74, 6) is -1.66. The first kappa shape index (κ1) is 22.4. The van der Waals surface area contributed by atoms with E-state index in [-0.39, 0.29) is 24.3 Å². The van der Waals surface area contributed by atoms with E-state index in [1.54, 1.807) is 24.3 Å². The third kappa shape index (κ3) is 5.89. The van der Waals surface area contributed by atoms with E-state index >= 15 is 0 Å². The molecule has 1 unspecified atom stereocenters. The van der Waals surface area contributed by atoms with Gasteiger partial charge in [0.25, 0.3) is 0 Å². The molecular weight excluding hydrogens is 418 g/mol. The summed E-state index contributed by atoms with van der Waals surface area (Å²) in [5, 5.41) is 16.3. The summed E-state index contributed by atoms with van der Waals surface area (Å²) in [6.45, 7) is 1.26. The molecule has 0 spiro atoms. The van der Waals surface area contributed by atoms with Crippen LogP contribution in [0.2, 0.25) is 0 Å². The Morgan fingerprint density at radius 2 is 1.90 bits per heavy atom. The zero-order valence-electron chi connectivity index (χ0n) is 16.2. The molecule has 2 aromatic rings. The molecular formula is C20H24F2N2O5S. The van der Waals surface area contributed by atoms with Crippen molar-refractivity contribution < 1.29 is 32.0 Å². The van der Waals surface area contributed by atoms with E-state index in [1.807, 2.05) is 0 Å². The summed E-state index contributed by atoms with van der Waals surface area (Å²) in [6.07, 6.45) is -1.10. The highest BCUT2D eigenvalue weighted by molar-refractivity contribution is 8.20. The summed E-state index contributed by atoms with van der Waals surface area (Å²) < 4.78 is 52.2. The average molecular weight is 442 g/mol. The normalized spacial score (nSPS) is 20.4. The Bertz CT molecular complexity index is 894. The molecule has 0 fully saturated rings. The number of aliphatic hydroxyl groups is 1. The van der Waals surface area contributed by atoms with Crippen LogP contribution in [0.15, 0.2) is 42.5 Å². The van der Waals surface area contributed by atoms with Gasteiger partial charge in [-0.25, -0.2) is 8.78 Å². The molecule has 30 heavy (non-hydrogen) atoms. The minimum Gasteiger partial charge on any atom is -0.403 e. The second kappa shape index (κ2) is 9.27. The maximum absolute atomic E-state index is 13.5. The zero-order valence-corrected chi connectivity index (χ0v) is 17.0. The molecule has 7 nitrogen and oxygen atoms in total. The van der Waals surface area contributed by atoms with E-state index in [2.05, 4.69) is 10.6 Å². The van der Waals surface area contributed by atoms with Crippen LogP contribution in [0, 0.1) is 11.6 Å². The molecule has 1 aliphatic heterocycles. The first-order valence-corrected chi connectivity index (χ1v) is 10.9. The minimum atomic E-state index is -3.29. The monoisotopic (exact) mass is 442 g/mol. The lowest BCUT2D eigenvalue weighted by Gasteiger charge is -2.38. The third-order valence-corrected chi connectivity index (χ3v) is 5.92. The molecule has 1 heterocycles. The molecule has 1 aliphatic rings. The lowest BCUT2D eigenvalue weighted by Crippen LogP contribution is -2.49. The number of rotatable bonds is 7. The predicted molar refractivity (Wildman–Crippen MR) is 109 cm³/mol.